The van der Waals surface area contributed by atoms with Crippen molar-refractivity contribution in [3.8, 4) is 6.07 Å². The van der Waals surface area contributed by atoms with Gasteiger partial charge in [-0.1, -0.05) is 24.3 Å². The molecule has 0 saturated carbocycles. The van der Waals surface area contributed by atoms with Crippen molar-refractivity contribution < 1.29 is 0 Å². The Morgan fingerprint density at radius 3 is 2.80 bits per heavy atom. The van der Waals surface area contributed by atoms with E-state index in [-0.39, 0.29) is 6.04 Å². The van der Waals surface area contributed by atoms with Gasteiger partial charge in [-0.05, 0) is 36.5 Å². The third kappa shape index (κ3) is 1.67. The maximum atomic E-state index is 9.04. The number of hydrogen-bond donors (Lipinski definition) is 1. The molecule has 0 bridgehead atoms. The van der Waals surface area contributed by atoms with E-state index in [2.05, 4.69) is 19.1 Å². The zero-order valence-electron chi connectivity index (χ0n) is 8.83. The Bertz CT molecular complexity index is 452. The van der Waals surface area contributed by atoms with Crippen LogP contribution in [0.4, 0.5) is 0 Å². The van der Waals surface area contributed by atoms with Crippen molar-refractivity contribution in [3.05, 3.63) is 41.0 Å². The molecule has 1 aromatic rings. The number of nitriles is 1. The Morgan fingerprint density at radius 2 is 2.13 bits per heavy atom. The molecule has 76 valence electrons. The van der Waals surface area contributed by atoms with Gasteiger partial charge in [0.15, 0.2) is 0 Å². The first-order valence-corrected chi connectivity index (χ1v) is 5.18. The normalized spacial score (nSPS) is 20.5. The first-order valence-electron chi connectivity index (χ1n) is 5.18. The van der Waals surface area contributed by atoms with Crippen molar-refractivity contribution in [1.29, 1.82) is 5.26 Å². The lowest BCUT2D eigenvalue weighted by Gasteiger charge is -2.12. The second kappa shape index (κ2) is 3.88. The molecule has 2 heteroatoms. The molecule has 0 fully saturated rings. The van der Waals surface area contributed by atoms with E-state index in [9.17, 15) is 0 Å². The van der Waals surface area contributed by atoms with Crippen molar-refractivity contribution in [2.45, 2.75) is 25.8 Å². The van der Waals surface area contributed by atoms with E-state index in [1.807, 2.05) is 18.2 Å². The monoisotopic (exact) mass is 198 g/mol. The lowest BCUT2D eigenvalue weighted by Crippen LogP contribution is -2.18. The molecule has 0 amide bonds. The largest absolute Gasteiger partial charge is 0.324 e. The highest BCUT2D eigenvalue weighted by molar-refractivity contribution is 5.78. The third-order valence-electron chi connectivity index (χ3n) is 2.97. The first-order chi connectivity index (χ1) is 7.24. The molecule has 0 spiro atoms. The van der Waals surface area contributed by atoms with E-state index in [1.165, 1.54) is 5.56 Å². The van der Waals surface area contributed by atoms with Crippen molar-refractivity contribution in [1.82, 2.24) is 0 Å². The predicted molar refractivity (Wildman–Crippen MR) is 60.9 cm³/mol. The van der Waals surface area contributed by atoms with Crippen LogP contribution in [0.25, 0.3) is 5.57 Å². The SMILES string of the molecule is Cc1ccccc1C1=C(C#N)CCC1N. The summed E-state index contributed by atoms with van der Waals surface area (Å²) in [5.41, 5.74) is 10.3. The number of aryl methyl sites for hydroxylation is 1. The van der Waals surface area contributed by atoms with Gasteiger partial charge >= 0.3 is 0 Å². The standard InChI is InChI=1S/C13H14N2/c1-9-4-2-3-5-11(9)13-10(8-14)6-7-12(13)15/h2-5,12H,6-7,15H2,1H3. The summed E-state index contributed by atoms with van der Waals surface area (Å²) >= 11 is 0. The molecule has 1 unspecified atom stereocenters. The molecule has 0 saturated heterocycles. The fourth-order valence-corrected chi connectivity index (χ4v) is 2.16. The van der Waals surface area contributed by atoms with E-state index in [1.54, 1.807) is 0 Å². The minimum Gasteiger partial charge on any atom is -0.324 e. The molecule has 2 N–H and O–H groups in total. The van der Waals surface area contributed by atoms with E-state index in [4.69, 9.17) is 11.0 Å². The fourth-order valence-electron chi connectivity index (χ4n) is 2.16. The molecule has 0 aliphatic heterocycles. The highest BCUT2D eigenvalue weighted by Crippen LogP contribution is 2.33. The van der Waals surface area contributed by atoms with Gasteiger partial charge in [-0.15, -0.1) is 0 Å². The van der Waals surface area contributed by atoms with Crippen LogP contribution in [-0.2, 0) is 0 Å². The lowest BCUT2D eigenvalue weighted by molar-refractivity contribution is 0.786. The van der Waals surface area contributed by atoms with Crippen molar-refractivity contribution >= 4 is 5.57 Å². The molecule has 1 aliphatic rings. The summed E-state index contributed by atoms with van der Waals surface area (Å²) in [6.07, 6.45) is 1.72. The van der Waals surface area contributed by atoms with E-state index < -0.39 is 0 Å². The summed E-state index contributed by atoms with van der Waals surface area (Å²) < 4.78 is 0. The minimum atomic E-state index is 0.0285. The zero-order chi connectivity index (χ0) is 10.8. The molecular weight excluding hydrogens is 184 g/mol. The summed E-state index contributed by atoms with van der Waals surface area (Å²) in [6, 6.07) is 10.4. The smallest absolute Gasteiger partial charge is 0.0950 e. The molecule has 15 heavy (non-hydrogen) atoms. The van der Waals surface area contributed by atoms with Crippen LogP contribution in [0.1, 0.15) is 24.0 Å². The molecule has 0 aromatic heterocycles. The highest BCUT2D eigenvalue weighted by atomic mass is 14.7. The van der Waals surface area contributed by atoms with Gasteiger partial charge in [0.1, 0.15) is 0 Å². The second-order valence-corrected chi connectivity index (χ2v) is 3.96. The average Bonchev–Trinajstić information content (AvgIpc) is 2.60. The molecule has 2 nitrogen and oxygen atoms in total. The van der Waals surface area contributed by atoms with Crippen LogP contribution in [0.15, 0.2) is 29.8 Å². The third-order valence-corrected chi connectivity index (χ3v) is 2.97. The van der Waals surface area contributed by atoms with E-state index in [0.29, 0.717) is 0 Å². The fraction of sp³-hybridized carbons (Fsp3) is 0.308. The van der Waals surface area contributed by atoms with Crippen LogP contribution in [0.3, 0.4) is 0 Å². The summed E-state index contributed by atoms with van der Waals surface area (Å²) in [5.74, 6) is 0. The minimum absolute atomic E-state index is 0.0285. The van der Waals surface area contributed by atoms with Gasteiger partial charge in [-0.2, -0.15) is 5.26 Å². The van der Waals surface area contributed by atoms with Gasteiger partial charge in [0.2, 0.25) is 0 Å². The summed E-state index contributed by atoms with van der Waals surface area (Å²) in [4.78, 5) is 0. The Hall–Kier alpha value is -1.59. The van der Waals surface area contributed by atoms with Crippen LogP contribution >= 0.6 is 0 Å². The van der Waals surface area contributed by atoms with E-state index in [0.717, 1.165) is 29.6 Å². The van der Waals surface area contributed by atoms with Gasteiger partial charge in [-0.25, -0.2) is 0 Å². The number of rotatable bonds is 1. The number of allylic oxidation sites excluding steroid dienone is 1. The summed E-state index contributed by atoms with van der Waals surface area (Å²) in [7, 11) is 0. The highest BCUT2D eigenvalue weighted by Gasteiger charge is 2.24. The molecule has 0 radical (unpaired) electrons. The molecule has 0 heterocycles. The molecule has 1 aliphatic carbocycles. The van der Waals surface area contributed by atoms with Gasteiger partial charge < -0.3 is 5.73 Å². The summed E-state index contributed by atoms with van der Waals surface area (Å²) in [6.45, 7) is 2.06. The molecule has 1 aromatic carbocycles. The van der Waals surface area contributed by atoms with Crippen LogP contribution in [0.5, 0.6) is 0 Å². The number of hydrogen-bond acceptors (Lipinski definition) is 2. The topological polar surface area (TPSA) is 49.8 Å². The average molecular weight is 198 g/mol. The van der Waals surface area contributed by atoms with Crippen molar-refractivity contribution in [3.63, 3.8) is 0 Å². The predicted octanol–water partition coefficient (Wildman–Crippen LogP) is 2.39. The van der Waals surface area contributed by atoms with Crippen LogP contribution in [0, 0.1) is 18.3 Å². The maximum absolute atomic E-state index is 9.04. The Labute approximate surface area is 90.0 Å². The Balaban J connectivity index is 2.56. The van der Waals surface area contributed by atoms with Crippen molar-refractivity contribution in [2.24, 2.45) is 5.73 Å². The Kier molecular flexibility index (Phi) is 2.57. The van der Waals surface area contributed by atoms with Crippen LogP contribution in [-0.4, -0.2) is 6.04 Å². The van der Waals surface area contributed by atoms with Crippen LogP contribution in [0.2, 0.25) is 0 Å². The van der Waals surface area contributed by atoms with Gasteiger partial charge in [0.05, 0.1) is 6.07 Å². The summed E-state index contributed by atoms with van der Waals surface area (Å²) in [5, 5.41) is 9.04. The van der Waals surface area contributed by atoms with Gasteiger partial charge in [-0.3, -0.25) is 0 Å². The van der Waals surface area contributed by atoms with Crippen molar-refractivity contribution in [2.75, 3.05) is 0 Å². The van der Waals surface area contributed by atoms with Gasteiger partial charge in [0, 0.05) is 11.6 Å². The first kappa shape index (κ1) is 9.95. The zero-order valence-corrected chi connectivity index (χ0v) is 8.83. The van der Waals surface area contributed by atoms with E-state index >= 15 is 0 Å². The second-order valence-electron chi connectivity index (χ2n) is 3.96. The molecule has 1 atom stereocenters. The Morgan fingerprint density at radius 1 is 1.40 bits per heavy atom. The number of benzene rings is 1. The number of nitrogens with two attached hydrogens (primary N) is 1. The lowest BCUT2D eigenvalue weighted by atomic mass is 9.96. The molecule has 2 rings (SSSR count). The number of nitrogens with zero attached hydrogens (tertiary/aromatic N) is 1. The van der Waals surface area contributed by atoms with Crippen LogP contribution < -0.4 is 5.73 Å². The quantitative estimate of drug-likeness (QED) is 0.753. The maximum Gasteiger partial charge on any atom is 0.0950 e. The van der Waals surface area contributed by atoms with Gasteiger partial charge in [0.25, 0.3) is 0 Å². The molecular formula is C13H14N2.